The molecule has 0 radical (unpaired) electrons. The minimum Gasteiger partial charge on any atom is -0.488 e. The van der Waals surface area contributed by atoms with Crippen LogP contribution in [0.3, 0.4) is 0 Å². The van der Waals surface area contributed by atoms with Crippen molar-refractivity contribution in [1.29, 1.82) is 0 Å². The molecular weight excluding hydrogens is 298 g/mol. The summed E-state index contributed by atoms with van der Waals surface area (Å²) < 4.78 is 5.67. The SMILES string of the molecule is CCCCN(CC)C(=O)/C=C/C1=Cc2cc(Cl)ccc2OC1. The van der Waals surface area contributed by atoms with E-state index in [0.29, 0.717) is 11.6 Å². The number of benzene rings is 1. The van der Waals surface area contributed by atoms with Gasteiger partial charge in [-0.2, -0.15) is 0 Å². The van der Waals surface area contributed by atoms with E-state index in [1.54, 1.807) is 6.08 Å². The van der Waals surface area contributed by atoms with Crippen molar-refractivity contribution >= 4 is 23.6 Å². The van der Waals surface area contributed by atoms with Gasteiger partial charge >= 0.3 is 0 Å². The van der Waals surface area contributed by atoms with Crippen LogP contribution in [0, 0.1) is 0 Å². The maximum Gasteiger partial charge on any atom is 0.246 e. The van der Waals surface area contributed by atoms with E-state index in [-0.39, 0.29) is 5.91 Å². The van der Waals surface area contributed by atoms with Crippen LogP contribution in [-0.4, -0.2) is 30.5 Å². The fourth-order valence-electron chi connectivity index (χ4n) is 2.32. The number of unbranched alkanes of at least 4 members (excludes halogenated alkanes) is 1. The minimum absolute atomic E-state index is 0.0498. The summed E-state index contributed by atoms with van der Waals surface area (Å²) in [5.41, 5.74) is 1.92. The molecule has 0 saturated carbocycles. The Morgan fingerprint density at radius 2 is 2.23 bits per heavy atom. The first-order valence-electron chi connectivity index (χ1n) is 7.74. The van der Waals surface area contributed by atoms with Crippen molar-refractivity contribution in [3.8, 4) is 5.75 Å². The van der Waals surface area contributed by atoms with Gasteiger partial charge in [0.2, 0.25) is 5.91 Å². The van der Waals surface area contributed by atoms with Crippen LogP contribution in [0.15, 0.2) is 35.9 Å². The molecule has 0 aliphatic carbocycles. The second kappa shape index (κ2) is 8.04. The Balaban J connectivity index is 2.05. The molecule has 0 unspecified atom stereocenters. The van der Waals surface area contributed by atoms with Crippen molar-refractivity contribution in [2.24, 2.45) is 0 Å². The van der Waals surface area contributed by atoms with Crippen LogP contribution in [0.5, 0.6) is 5.75 Å². The number of fused-ring (bicyclic) bond motifs is 1. The van der Waals surface area contributed by atoms with Gasteiger partial charge in [0.25, 0.3) is 0 Å². The minimum atomic E-state index is 0.0498. The van der Waals surface area contributed by atoms with Gasteiger partial charge < -0.3 is 9.64 Å². The highest BCUT2D eigenvalue weighted by molar-refractivity contribution is 6.30. The van der Waals surface area contributed by atoms with Crippen molar-refractivity contribution in [3.05, 3.63) is 46.5 Å². The second-order valence-electron chi connectivity index (χ2n) is 5.29. The van der Waals surface area contributed by atoms with Gasteiger partial charge in [0, 0.05) is 29.8 Å². The first-order chi connectivity index (χ1) is 10.6. The number of rotatable bonds is 6. The standard InChI is InChI=1S/C18H22ClNO2/c1-3-5-10-20(4-2)18(21)9-6-14-11-15-12-16(19)7-8-17(15)22-13-14/h6-9,11-12H,3-5,10,13H2,1-2H3/b9-6+. The van der Waals surface area contributed by atoms with Crippen LogP contribution in [0.4, 0.5) is 0 Å². The van der Waals surface area contributed by atoms with E-state index in [0.717, 1.165) is 42.8 Å². The van der Waals surface area contributed by atoms with Gasteiger partial charge in [0.05, 0.1) is 0 Å². The van der Waals surface area contributed by atoms with Gasteiger partial charge in [-0.3, -0.25) is 4.79 Å². The molecule has 1 aromatic carbocycles. The molecule has 2 rings (SSSR count). The van der Waals surface area contributed by atoms with E-state index >= 15 is 0 Å². The molecule has 0 N–H and O–H groups in total. The quantitative estimate of drug-likeness (QED) is 0.731. The van der Waals surface area contributed by atoms with Crippen molar-refractivity contribution in [2.45, 2.75) is 26.7 Å². The Hall–Kier alpha value is -1.74. The lowest BCUT2D eigenvalue weighted by atomic mass is 10.1. The van der Waals surface area contributed by atoms with Crippen molar-refractivity contribution in [1.82, 2.24) is 4.90 Å². The van der Waals surface area contributed by atoms with Gasteiger partial charge in [-0.05, 0) is 43.2 Å². The fourth-order valence-corrected chi connectivity index (χ4v) is 2.50. The normalized spacial score (nSPS) is 13.5. The number of hydrogen-bond acceptors (Lipinski definition) is 2. The molecular formula is C18H22ClNO2. The van der Waals surface area contributed by atoms with Crippen LogP contribution in [0.25, 0.3) is 6.08 Å². The van der Waals surface area contributed by atoms with E-state index < -0.39 is 0 Å². The summed E-state index contributed by atoms with van der Waals surface area (Å²) in [6.07, 6.45) is 7.59. The smallest absolute Gasteiger partial charge is 0.246 e. The summed E-state index contributed by atoms with van der Waals surface area (Å²) in [7, 11) is 0. The zero-order valence-corrected chi connectivity index (χ0v) is 13.9. The van der Waals surface area contributed by atoms with Crippen LogP contribution < -0.4 is 4.74 Å². The predicted octanol–water partition coefficient (Wildman–Crippen LogP) is 4.32. The van der Waals surface area contributed by atoms with Crippen LogP contribution in [0.1, 0.15) is 32.3 Å². The number of amides is 1. The molecule has 4 heteroatoms. The molecule has 0 saturated heterocycles. The maximum atomic E-state index is 12.2. The molecule has 3 nitrogen and oxygen atoms in total. The van der Waals surface area contributed by atoms with E-state index in [1.165, 1.54) is 0 Å². The molecule has 1 aliphatic rings. The summed E-state index contributed by atoms with van der Waals surface area (Å²) in [6.45, 7) is 6.14. The highest BCUT2D eigenvalue weighted by Crippen LogP contribution is 2.29. The first-order valence-corrected chi connectivity index (χ1v) is 8.11. The molecule has 0 spiro atoms. The monoisotopic (exact) mass is 319 g/mol. The number of nitrogens with zero attached hydrogens (tertiary/aromatic N) is 1. The van der Waals surface area contributed by atoms with Crippen LogP contribution >= 0.6 is 11.6 Å². The van der Waals surface area contributed by atoms with Gasteiger partial charge in [-0.25, -0.2) is 0 Å². The summed E-state index contributed by atoms with van der Waals surface area (Å²) in [6, 6.07) is 5.54. The summed E-state index contributed by atoms with van der Waals surface area (Å²) in [4.78, 5) is 14.0. The van der Waals surface area contributed by atoms with Gasteiger partial charge in [0.1, 0.15) is 12.4 Å². The molecule has 1 heterocycles. The molecule has 1 aliphatic heterocycles. The molecule has 1 aromatic rings. The Labute approximate surface area is 137 Å². The van der Waals surface area contributed by atoms with Crippen molar-refractivity contribution in [2.75, 3.05) is 19.7 Å². The van der Waals surface area contributed by atoms with E-state index in [2.05, 4.69) is 6.92 Å². The van der Waals surface area contributed by atoms with E-state index in [9.17, 15) is 4.79 Å². The Morgan fingerprint density at radius 1 is 1.41 bits per heavy atom. The van der Waals surface area contributed by atoms with Crippen molar-refractivity contribution in [3.63, 3.8) is 0 Å². The fraction of sp³-hybridized carbons (Fsp3) is 0.389. The largest absolute Gasteiger partial charge is 0.488 e. The lowest BCUT2D eigenvalue weighted by molar-refractivity contribution is -0.125. The van der Waals surface area contributed by atoms with Gasteiger partial charge in [-0.15, -0.1) is 0 Å². The highest BCUT2D eigenvalue weighted by Gasteiger charge is 2.11. The molecule has 0 atom stereocenters. The van der Waals surface area contributed by atoms with Crippen LogP contribution in [0.2, 0.25) is 5.02 Å². The number of ether oxygens (including phenoxy) is 1. The lowest BCUT2D eigenvalue weighted by Gasteiger charge is -2.19. The van der Waals surface area contributed by atoms with Gasteiger partial charge in [-0.1, -0.05) is 31.0 Å². The zero-order valence-electron chi connectivity index (χ0n) is 13.1. The summed E-state index contributed by atoms with van der Waals surface area (Å²) in [5.74, 6) is 0.875. The first kappa shape index (κ1) is 16.6. The van der Waals surface area contributed by atoms with Gasteiger partial charge in [0.15, 0.2) is 0 Å². The number of carbonyl (C=O) groups is 1. The molecule has 0 fully saturated rings. The Bertz CT molecular complexity index is 593. The molecule has 0 aromatic heterocycles. The van der Waals surface area contributed by atoms with Crippen molar-refractivity contribution < 1.29 is 9.53 Å². The zero-order chi connectivity index (χ0) is 15.9. The molecule has 22 heavy (non-hydrogen) atoms. The second-order valence-corrected chi connectivity index (χ2v) is 5.73. The Kier molecular flexibility index (Phi) is 6.08. The molecule has 0 bridgehead atoms. The summed E-state index contributed by atoms with van der Waals surface area (Å²) >= 11 is 6.00. The number of halogens is 1. The maximum absolute atomic E-state index is 12.2. The van der Waals surface area contributed by atoms with E-state index in [4.69, 9.17) is 16.3 Å². The number of hydrogen-bond donors (Lipinski definition) is 0. The average Bonchev–Trinajstić information content (AvgIpc) is 2.53. The third-order valence-electron chi connectivity index (χ3n) is 3.62. The summed E-state index contributed by atoms with van der Waals surface area (Å²) in [5, 5.41) is 0.677. The topological polar surface area (TPSA) is 29.5 Å². The third kappa shape index (κ3) is 4.38. The van der Waals surface area contributed by atoms with E-state index in [1.807, 2.05) is 42.2 Å². The van der Waals surface area contributed by atoms with Crippen LogP contribution in [-0.2, 0) is 4.79 Å². The number of carbonyl (C=O) groups excluding carboxylic acids is 1. The average molecular weight is 320 g/mol. The predicted molar refractivity (Wildman–Crippen MR) is 91.2 cm³/mol. The number of likely N-dealkylation sites (N-methyl/N-ethyl adjacent to an activating group) is 1. The molecule has 1 amide bonds. The third-order valence-corrected chi connectivity index (χ3v) is 3.86. The molecule has 118 valence electrons. The highest BCUT2D eigenvalue weighted by atomic mass is 35.5. The Morgan fingerprint density at radius 3 is 2.95 bits per heavy atom. The lowest BCUT2D eigenvalue weighted by Crippen LogP contribution is -2.30.